The Morgan fingerprint density at radius 2 is 1.62 bits per heavy atom. The first-order valence-corrected chi connectivity index (χ1v) is 12.7. The molecule has 206 valence electrons. The summed E-state index contributed by atoms with van der Waals surface area (Å²) in [5, 5.41) is 16.8. The topological polar surface area (TPSA) is 80.2 Å². The molecule has 2 N–H and O–H groups in total. The van der Waals surface area contributed by atoms with Gasteiger partial charge in [0.1, 0.15) is 12.2 Å². The van der Waals surface area contributed by atoms with E-state index < -0.39 is 23.8 Å². The second-order valence-electron chi connectivity index (χ2n) is 8.99. The van der Waals surface area contributed by atoms with E-state index in [0.717, 1.165) is 17.7 Å². The lowest BCUT2D eigenvalue weighted by atomic mass is 9.85. The molecule has 0 aliphatic carbocycles. The van der Waals surface area contributed by atoms with Crippen molar-refractivity contribution < 1.29 is 32.6 Å². The average molecular weight is 602 g/mol. The number of hydrogen-bond acceptors (Lipinski definition) is 6. The van der Waals surface area contributed by atoms with Crippen LogP contribution in [0.2, 0.25) is 15.1 Å². The van der Waals surface area contributed by atoms with Crippen molar-refractivity contribution in [1.82, 2.24) is 5.32 Å². The van der Waals surface area contributed by atoms with Gasteiger partial charge in [0.2, 0.25) is 0 Å². The van der Waals surface area contributed by atoms with Gasteiger partial charge < -0.3 is 20.0 Å². The van der Waals surface area contributed by atoms with Crippen molar-refractivity contribution in [1.29, 1.82) is 0 Å². The predicted molar refractivity (Wildman–Crippen MR) is 142 cm³/mol. The highest BCUT2D eigenvalue weighted by molar-refractivity contribution is 6.48. The maximum absolute atomic E-state index is 14.1. The zero-order chi connectivity index (χ0) is 28.3. The fourth-order valence-corrected chi connectivity index (χ4v) is 4.69. The van der Waals surface area contributed by atoms with Crippen LogP contribution in [0.4, 0.5) is 13.2 Å². The summed E-state index contributed by atoms with van der Waals surface area (Å²) in [7, 11) is 0. The van der Waals surface area contributed by atoms with Gasteiger partial charge in [0.15, 0.2) is 0 Å². The number of carbonyl (C=O) groups is 1. The van der Waals surface area contributed by atoms with Gasteiger partial charge in [-0.25, -0.2) is 0 Å². The van der Waals surface area contributed by atoms with Crippen LogP contribution in [0.15, 0.2) is 71.9 Å². The number of rotatable bonds is 6. The highest BCUT2D eigenvalue weighted by Gasteiger charge is 2.62. The minimum atomic E-state index is -4.79. The number of halogens is 6. The minimum absolute atomic E-state index is 0.0347. The maximum atomic E-state index is 14.1. The normalized spacial score (nSPS) is 19.6. The fourth-order valence-electron chi connectivity index (χ4n) is 4.09. The number of ether oxygens (including phenoxy) is 1. The van der Waals surface area contributed by atoms with Crippen LogP contribution in [0.3, 0.4) is 0 Å². The Morgan fingerprint density at radius 1 is 1.00 bits per heavy atom. The van der Waals surface area contributed by atoms with Gasteiger partial charge in [-0.1, -0.05) is 94.6 Å². The Morgan fingerprint density at radius 3 is 2.13 bits per heavy atom. The molecule has 0 saturated carbocycles. The molecule has 1 saturated heterocycles. The van der Waals surface area contributed by atoms with Crippen LogP contribution in [0.25, 0.3) is 0 Å². The van der Waals surface area contributed by atoms with Gasteiger partial charge in [-0.05, 0) is 28.8 Å². The summed E-state index contributed by atoms with van der Waals surface area (Å²) in [6.07, 6.45) is -5.35. The van der Waals surface area contributed by atoms with E-state index in [9.17, 15) is 23.1 Å². The quantitative estimate of drug-likeness (QED) is 0.253. The third-order valence-corrected chi connectivity index (χ3v) is 7.58. The Labute approximate surface area is 237 Å². The number of hydrogen-bond donors (Lipinski definition) is 2. The summed E-state index contributed by atoms with van der Waals surface area (Å²) in [6.45, 7) is 1.66. The summed E-state index contributed by atoms with van der Waals surface area (Å²) in [6, 6.07) is 18.3. The van der Waals surface area contributed by atoms with Crippen LogP contribution in [0.5, 0.6) is 0 Å². The van der Waals surface area contributed by atoms with E-state index in [1.165, 1.54) is 0 Å². The van der Waals surface area contributed by atoms with E-state index in [1.807, 2.05) is 30.3 Å². The molecule has 12 heteroatoms. The summed E-state index contributed by atoms with van der Waals surface area (Å²) in [5.74, 6) is 0. The molecule has 3 aromatic rings. The van der Waals surface area contributed by atoms with E-state index in [4.69, 9.17) is 39.6 Å². The molecule has 0 amide bonds. The van der Waals surface area contributed by atoms with E-state index in [2.05, 4.69) is 15.2 Å². The highest BCUT2D eigenvalue weighted by atomic mass is 35.5. The molecule has 2 heterocycles. The van der Waals surface area contributed by atoms with E-state index in [-0.39, 0.29) is 26.3 Å². The second-order valence-corrected chi connectivity index (χ2v) is 10.2. The van der Waals surface area contributed by atoms with E-state index in [1.54, 1.807) is 24.3 Å². The lowest BCUT2D eigenvalue weighted by Crippen LogP contribution is -2.56. The predicted octanol–water partition coefficient (Wildman–Crippen LogP) is 6.38. The molecule has 2 aliphatic heterocycles. The number of benzene rings is 3. The number of oxime groups is 1. The molecule has 1 fully saturated rings. The third-order valence-electron chi connectivity index (χ3n) is 6.39. The maximum Gasteiger partial charge on any atom is 0.435 e. The first kappa shape index (κ1) is 29.2. The number of aliphatic hydroxyl groups is 1. The van der Waals surface area contributed by atoms with Crippen LogP contribution in [0, 0.1) is 0 Å². The van der Waals surface area contributed by atoms with E-state index in [0.29, 0.717) is 37.3 Å². The van der Waals surface area contributed by atoms with Crippen LogP contribution in [-0.2, 0) is 32.2 Å². The Hall–Kier alpha value is -2.82. The molecule has 5 rings (SSSR count). The zero-order valence-corrected chi connectivity index (χ0v) is 22.4. The number of alkyl halides is 3. The Kier molecular flexibility index (Phi) is 8.78. The Bertz CT molecular complexity index is 1330. The summed E-state index contributed by atoms with van der Waals surface area (Å²) >= 11 is 17.7. The van der Waals surface area contributed by atoms with Crippen molar-refractivity contribution in [3.63, 3.8) is 0 Å². The molecular weight excluding hydrogens is 580 g/mol. The third kappa shape index (κ3) is 6.18. The molecule has 6 nitrogen and oxygen atoms in total. The fraction of sp³-hybridized carbons (Fsp3) is 0.259. The van der Waals surface area contributed by atoms with Crippen molar-refractivity contribution in [2.45, 2.75) is 30.4 Å². The van der Waals surface area contributed by atoms with Gasteiger partial charge in [-0.2, -0.15) is 13.2 Å². The molecule has 0 unspecified atom stereocenters. The highest BCUT2D eigenvalue weighted by Crippen LogP contribution is 2.50. The first-order chi connectivity index (χ1) is 18.5. The van der Waals surface area contributed by atoms with Crippen molar-refractivity contribution >= 4 is 47.0 Å². The van der Waals surface area contributed by atoms with Gasteiger partial charge in [0.25, 0.3) is 12.1 Å². The van der Waals surface area contributed by atoms with Gasteiger partial charge >= 0.3 is 6.18 Å². The SMILES string of the molecule is O=COCc1ccccc1.OC1(c2ccc(C3=NO[C@@](c4cc(Cl)c(Cl)c(Cl)c4)(C(F)(F)F)C3)cc2)CNC1. The molecule has 3 aromatic carbocycles. The molecule has 39 heavy (non-hydrogen) atoms. The first-order valence-electron chi connectivity index (χ1n) is 11.6. The van der Waals surface area contributed by atoms with Gasteiger partial charge in [-0.3, -0.25) is 4.79 Å². The number of nitrogens with one attached hydrogen (secondary N) is 1. The molecule has 0 radical (unpaired) electrons. The molecule has 2 aliphatic rings. The number of carbonyl (C=O) groups excluding carboxylic acids is 1. The van der Waals surface area contributed by atoms with E-state index >= 15 is 0 Å². The van der Waals surface area contributed by atoms with Crippen LogP contribution in [0.1, 0.15) is 28.7 Å². The van der Waals surface area contributed by atoms with Crippen molar-refractivity contribution in [3.8, 4) is 0 Å². The van der Waals surface area contributed by atoms with Gasteiger partial charge in [-0.15, -0.1) is 0 Å². The second kappa shape index (κ2) is 11.7. The smallest absolute Gasteiger partial charge is 0.435 e. The molecule has 0 bridgehead atoms. The van der Waals surface area contributed by atoms with Gasteiger partial charge in [0.05, 0.1) is 20.8 Å². The zero-order valence-electron chi connectivity index (χ0n) is 20.1. The summed E-state index contributed by atoms with van der Waals surface area (Å²) in [5.41, 5.74) is -1.70. The minimum Gasteiger partial charge on any atom is -0.463 e. The molecule has 1 atom stereocenters. The van der Waals surface area contributed by atoms with Crippen molar-refractivity contribution in [2.75, 3.05) is 13.1 Å². The van der Waals surface area contributed by atoms with Crippen molar-refractivity contribution in [3.05, 3.63) is 104 Å². The molecular formula is C27H22Cl3F3N2O4. The average Bonchev–Trinajstić information content (AvgIpc) is 3.37. The van der Waals surface area contributed by atoms with Crippen LogP contribution >= 0.6 is 34.8 Å². The van der Waals surface area contributed by atoms with Crippen LogP contribution in [-0.4, -0.2) is 36.6 Å². The summed E-state index contributed by atoms with van der Waals surface area (Å²) in [4.78, 5) is 14.7. The standard InChI is InChI=1S/C19H14Cl3F3N2O2.C8H8O2/c20-13-5-12(6-14(21)16(13)22)18(19(23,24)25)7-15(27-29-18)10-1-3-11(4-2-10)17(28)8-26-9-17;9-7-10-6-8-4-2-1-3-5-8/h1-6,26,28H,7-9H2;1-5,7H,6H2/t18-;/m0./s1. The number of β-amino-alcohol motifs (C(OH)–C–C–N with tert-alkyl or cyclic N) is 1. The van der Waals surface area contributed by atoms with Crippen molar-refractivity contribution in [2.24, 2.45) is 5.16 Å². The monoisotopic (exact) mass is 600 g/mol. The van der Waals surface area contributed by atoms with Crippen LogP contribution < -0.4 is 5.32 Å². The lowest BCUT2D eigenvalue weighted by Gasteiger charge is -2.38. The van der Waals surface area contributed by atoms with Gasteiger partial charge in [0, 0.05) is 25.1 Å². The number of nitrogens with zero attached hydrogens (tertiary/aromatic N) is 1. The lowest BCUT2D eigenvalue weighted by molar-refractivity contribution is -0.275. The Balaban J connectivity index is 0.000000298. The largest absolute Gasteiger partial charge is 0.463 e. The summed E-state index contributed by atoms with van der Waals surface area (Å²) < 4.78 is 46.8. The molecule has 0 aromatic heterocycles. The molecule has 0 spiro atoms.